The Bertz CT molecular complexity index is 742. The fourth-order valence-corrected chi connectivity index (χ4v) is 3.72. The van der Waals surface area contributed by atoms with E-state index in [1.165, 1.54) is 9.87 Å². The van der Waals surface area contributed by atoms with Gasteiger partial charge >= 0.3 is 0 Å². The molecule has 0 spiro atoms. The summed E-state index contributed by atoms with van der Waals surface area (Å²) in [5, 5.41) is 3.22. The van der Waals surface area contributed by atoms with Crippen molar-refractivity contribution in [3.8, 4) is 0 Å². The third-order valence-electron chi connectivity index (χ3n) is 3.75. The normalized spacial score (nSPS) is 14.0. The lowest BCUT2D eigenvalue weighted by molar-refractivity contribution is 0.467. The van der Waals surface area contributed by atoms with Crippen molar-refractivity contribution in [2.75, 3.05) is 18.9 Å². The van der Waals surface area contributed by atoms with Crippen LogP contribution >= 0.6 is 0 Å². The van der Waals surface area contributed by atoms with E-state index in [-0.39, 0.29) is 0 Å². The minimum atomic E-state index is -3.47. The Morgan fingerprint density at radius 3 is 2.67 bits per heavy atom. The molecule has 2 aromatic carbocycles. The first-order chi connectivity index (χ1) is 10.1. The molecule has 0 atom stereocenters. The van der Waals surface area contributed by atoms with Gasteiger partial charge in [0, 0.05) is 25.8 Å². The molecular weight excluding hydrogens is 284 g/mol. The third kappa shape index (κ3) is 2.80. The van der Waals surface area contributed by atoms with Crippen LogP contribution in [0.1, 0.15) is 11.1 Å². The standard InChI is InChI=1S/C16H18N2O2S/c1-18(12-13-5-3-2-4-6-13)21(19,20)15-8-7-14-9-10-17-16(14)11-15/h2-8,11,17H,9-10,12H2,1H3. The molecular formula is C16H18N2O2S. The van der Waals surface area contributed by atoms with Crippen molar-refractivity contribution in [3.63, 3.8) is 0 Å². The number of benzene rings is 2. The third-order valence-corrected chi connectivity index (χ3v) is 5.55. The highest BCUT2D eigenvalue weighted by Crippen LogP contribution is 2.27. The fourth-order valence-electron chi connectivity index (χ4n) is 2.54. The van der Waals surface area contributed by atoms with Crippen molar-refractivity contribution >= 4 is 15.7 Å². The molecule has 0 radical (unpaired) electrons. The monoisotopic (exact) mass is 302 g/mol. The molecule has 0 bridgehead atoms. The second-order valence-electron chi connectivity index (χ2n) is 5.24. The maximum Gasteiger partial charge on any atom is 0.243 e. The van der Waals surface area contributed by atoms with Crippen LogP contribution in [0, 0.1) is 0 Å². The Morgan fingerprint density at radius 1 is 1.14 bits per heavy atom. The second kappa shape index (κ2) is 5.50. The van der Waals surface area contributed by atoms with Gasteiger partial charge in [0.25, 0.3) is 0 Å². The van der Waals surface area contributed by atoms with Gasteiger partial charge in [-0.3, -0.25) is 0 Å². The lowest BCUT2D eigenvalue weighted by atomic mass is 10.2. The number of fused-ring (bicyclic) bond motifs is 1. The lowest BCUT2D eigenvalue weighted by Crippen LogP contribution is -2.26. The average molecular weight is 302 g/mol. The summed E-state index contributed by atoms with van der Waals surface area (Å²) in [4.78, 5) is 0.342. The summed E-state index contributed by atoms with van der Waals surface area (Å²) in [6.07, 6.45) is 0.954. The van der Waals surface area contributed by atoms with Gasteiger partial charge in [0.05, 0.1) is 4.90 Å². The Hall–Kier alpha value is -1.85. The molecule has 0 amide bonds. The molecule has 1 aliphatic heterocycles. The SMILES string of the molecule is CN(Cc1ccccc1)S(=O)(=O)c1ccc2c(c1)NCC2. The van der Waals surface area contributed by atoms with Gasteiger partial charge in [0.15, 0.2) is 0 Å². The molecule has 0 aliphatic carbocycles. The number of anilines is 1. The summed E-state index contributed by atoms with van der Waals surface area (Å²) in [6, 6.07) is 14.9. The van der Waals surface area contributed by atoms with Crippen molar-refractivity contribution in [1.82, 2.24) is 4.31 Å². The zero-order valence-corrected chi connectivity index (χ0v) is 12.7. The van der Waals surface area contributed by atoms with Crippen molar-refractivity contribution in [2.45, 2.75) is 17.9 Å². The summed E-state index contributed by atoms with van der Waals surface area (Å²) in [5.74, 6) is 0. The molecule has 4 nitrogen and oxygen atoms in total. The zero-order valence-electron chi connectivity index (χ0n) is 11.9. The van der Waals surface area contributed by atoms with Crippen LogP contribution in [0.3, 0.4) is 0 Å². The number of sulfonamides is 1. The predicted molar refractivity (Wildman–Crippen MR) is 83.7 cm³/mol. The second-order valence-corrected chi connectivity index (χ2v) is 7.29. The van der Waals surface area contributed by atoms with Crippen LogP contribution in [0.2, 0.25) is 0 Å². The van der Waals surface area contributed by atoms with Gasteiger partial charge in [-0.2, -0.15) is 4.31 Å². The molecule has 110 valence electrons. The minimum Gasteiger partial charge on any atom is -0.384 e. The van der Waals surface area contributed by atoms with E-state index in [1.54, 1.807) is 19.2 Å². The smallest absolute Gasteiger partial charge is 0.243 e. The van der Waals surface area contributed by atoms with Crippen molar-refractivity contribution in [2.24, 2.45) is 0 Å². The van der Waals surface area contributed by atoms with Crippen molar-refractivity contribution in [3.05, 3.63) is 59.7 Å². The summed E-state index contributed by atoms with van der Waals surface area (Å²) >= 11 is 0. The zero-order chi connectivity index (χ0) is 14.9. The van der Waals surface area contributed by atoms with Gasteiger partial charge in [-0.25, -0.2) is 8.42 Å². The summed E-state index contributed by atoms with van der Waals surface area (Å²) < 4.78 is 26.7. The Kier molecular flexibility index (Phi) is 3.69. The average Bonchev–Trinajstić information content (AvgIpc) is 2.95. The first kappa shape index (κ1) is 14.1. The van der Waals surface area contributed by atoms with E-state index in [0.717, 1.165) is 24.2 Å². The molecule has 0 fully saturated rings. The Balaban J connectivity index is 1.86. The molecule has 1 heterocycles. The Morgan fingerprint density at radius 2 is 1.90 bits per heavy atom. The molecule has 0 unspecified atom stereocenters. The number of nitrogens with one attached hydrogen (secondary N) is 1. The molecule has 1 N–H and O–H groups in total. The highest BCUT2D eigenvalue weighted by atomic mass is 32.2. The summed E-state index contributed by atoms with van der Waals surface area (Å²) in [6.45, 7) is 1.24. The molecule has 0 saturated heterocycles. The largest absolute Gasteiger partial charge is 0.384 e. The number of nitrogens with zero attached hydrogens (tertiary/aromatic N) is 1. The van der Waals surface area contributed by atoms with Crippen LogP contribution in [-0.2, 0) is 23.0 Å². The van der Waals surface area contributed by atoms with E-state index in [0.29, 0.717) is 11.4 Å². The van der Waals surface area contributed by atoms with E-state index in [2.05, 4.69) is 5.32 Å². The van der Waals surface area contributed by atoms with E-state index >= 15 is 0 Å². The summed E-state index contributed by atoms with van der Waals surface area (Å²) in [5.41, 5.74) is 3.09. The van der Waals surface area contributed by atoms with E-state index < -0.39 is 10.0 Å². The van der Waals surface area contributed by atoms with Crippen LogP contribution < -0.4 is 5.32 Å². The molecule has 0 aromatic heterocycles. The van der Waals surface area contributed by atoms with Gasteiger partial charge in [-0.05, 0) is 29.7 Å². The van der Waals surface area contributed by atoms with Crippen LogP contribution in [0.15, 0.2) is 53.4 Å². The van der Waals surface area contributed by atoms with Crippen LogP contribution in [0.25, 0.3) is 0 Å². The maximum absolute atomic E-state index is 12.6. The predicted octanol–water partition coefficient (Wildman–Crippen LogP) is 2.48. The topological polar surface area (TPSA) is 49.4 Å². The molecule has 2 aromatic rings. The van der Waals surface area contributed by atoms with E-state index in [4.69, 9.17) is 0 Å². The maximum atomic E-state index is 12.6. The Labute approximate surface area is 125 Å². The first-order valence-electron chi connectivity index (χ1n) is 6.94. The highest BCUT2D eigenvalue weighted by molar-refractivity contribution is 7.89. The first-order valence-corrected chi connectivity index (χ1v) is 8.38. The van der Waals surface area contributed by atoms with Gasteiger partial charge in [0.1, 0.15) is 0 Å². The fraction of sp³-hybridized carbons (Fsp3) is 0.250. The van der Waals surface area contributed by atoms with Gasteiger partial charge in [0.2, 0.25) is 10.0 Å². The van der Waals surface area contributed by atoms with Crippen LogP contribution in [0.5, 0.6) is 0 Å². The molecule has 3 rings (SSSR count). The number of hydrogen-bond donors (Lipinski definition) is 1. The van der Waals surface area contributed by atoms with E-state index in [9.17, 15) is 8.42 Å². The quantitative estimate of drug-likeness (QED) is 0.944. The van der Waals surface area contributed by atoms with Gasteiger partial charge in [-0.1, -0.05) is 36.4 Å². The molecule has 1 aliphatic rings. The van der Waals surface area contributed by atoms with Gasteiger partial charge < -0.3 is 5.32 Å². The van der Waals surface area contributed by atoms with Crippen LogP contribution in [0.4, 0.5) is 5.69 Å². The van der Waals surface area contributed by atoms with Crippen LogP contribution in [-0.4, -0.2) is 26.3 Å². The highest BCUT2D eigenvalue weighted by Gasteiger charge is 2.23. The van der Waals surface area contributed by atoms with Crippen molar-refractivity contribution in [1.29, 1.82) is 0 Å². The number of hydrogen-bond acceptors (Lipinski definition) is 3. The van der Waals surface area contributed by atoms with Gasteiger partial charge in [-0.15, -0.1) is 0 Å². The molecule has 21 heavy (non-hydrogen) atoms. The minimum absolute atomic E-state index is 0.342. The molecule has 5 heteroatoms. The molecule has 0 saturated carbocycles. The van der Waals surface area contributed by atoms with E-state index in [1.807, 2.05) is 36.4 Å². The van der Waals surface area contributed by atoms with Crippen molar-refractivity contribution < 1.29 is 8.42 Å². The lowest BCUT2D eigenvalue weighted by Gasteiger charge is -2.18. The summed E-state index contributed by atoms with van der Waals surface area (Å²) in [7, 11) is -1.85. The number of rotatable bonds is 4.